The zero-order valence-electron chi connectivity index (χ0n) is 13.2. The highest BCUT2D eigenvalue weighted by atomic mass is 16.2. The maximum Gasteiger partial charge on any atom is 0.234 e. The first-order valence-electron chi connectivity index (χ1n) is 8.00. The predicted octanol–water partition coefficient (Wildman–Crippen LogP) is 2.94. The van der Waals surface area contributed by atoms with Gasteiger partial charge in [0, 0.05) is 25.6 Å². The van der Waals surface area contributed by atoms with E-state index in [1.807, 2.05) is 6.07 Å². The van der Waals surface area contributed by atoms with Gasteiger partial charge in [0.05, 0.1) is 6.54 Å². The van der Waals surface area contributed by atoms with Gasteiger partial charge in [0.25, 0.3) is 0 Å². The molecule has 3 nitrogen and oxygen atoms in total. The zero-order valence-corrected chi connectivity index (χ0v) is 13.2. The molecule has 0 saturated heterocycles. The van der Waals surface area contributed by atoms with Gasteiger partial charge >= 0.3 is 0 Å². The number of nitrogens with zero attached hydrogens (tertiary/aromatic N) is 1. The molecule has 0 spiro atoms. The Morgan fingerprint density at radius 2 is 1.91 bits per heavy atom. The van der Waals surface area contributed by atoms with Crippen LogP contribution in [0.4, 0.5) is 0 Å². The zero-order chi connectivity index (χ0) is 16.1. The van der Waals surface area contributed by atoms with Crippen molar-refractivity contribution in [1.29, 1.82) is 0 Å². The molecule has 3 rings (SSSR count). The Morgan fingerprint density at radius 1 is 1.17 bits per heavy atom. The van der Waals surface area contributed by atoms with E-state index in [1.165, 1.54) is 16.7 Å². The van der Waals surface area contributed by atoms with Crippen molar-refractivity contribution in [2.75, 3.05) is 19.6 Å². The summed E-state index contributed by atoms with van der Waals surface area (Å²) in [5.41, 5.74) is 3.99. The van der Waals surface area contributed by atoms with Crippen LogP contribution in [0.2, 0.25) is 0 Å². The molecule has 118 valence electrons. The number of fused-ring (bicyclic) bond motifs is 1. The molecule has 0 aromatic heterocycles. The Morgan fingerprint density at radius 3 is 2.70 bits per heavy atom. The molecule has 0 saturated carbocycles. The molecular formula is C20H22N2O. The van der Waals surface area contributed by atoms with E-state index in [1.54, 1.807) is 6.08 Å². The van der Waals surface area contributed by atoms with E-state index in [2.05, 4.69) is 65.3 Å². The molecule has 1 heterocycles. The smallest absolute Gasteiger partial charge is 0.234 e. The molecule has 1 aliphatic heterocycles. The molecule has 0 aliphatic carbocycles. The average molecular weight is 306 g/mol. The lowest BCUT2D eigenvalue weighted by atomic mass is 9.85. The van der Waals surface area contributed by atoms with Crippen LogP contribution in [0.3, 0.4) is 0 Å². The van der Waals surface area contributed by atoms with Crippen LogP contribution in [0.1, 0.15) is 22.6 Å². The molecule has 0 bridgehead atoms. The summed E-state index contributed by atoms with van der Waals surface area (Å²) in [7, 11) is 0. The van der Waals surface area contributed by atoms with Crippen molar-refractivity contribution in [2.24, 2.45) is 0 Å². The third-order valence-corrected chi connectivity index (χ3v) is 4.28. The molecule has 1 aliphatic rings. The second kappa shape index (κ2) is 7.25. The van der Waals surface area contributed by atoms with Gasteiger partial charge in [-0.15, -0.1) is 6.58 Å². The van der Waals surface area contributed by atoms with Crippen molar-refractivity contribution in [2.45, 2.75) is 12.5 Å². The normalized spacial score (nSPS) is 17.3. The van der Waals surface area contributed by atoms with E-state index in [0.717, 1.165) is 13.1 Å². The lowest BCUT2D eigenvalue weighted by molar-refractivity contribution is -0.122. The Balaban J connectivity index is 1.82. The first-order valence-corrected chi connectivity index (χ1v) is 8.00. The first-order chi connectivity index (χ1) is 11.3. The third-order valence-electron chi connectivity index (χ3n) is 4.28. The van der Waals surface area contributed by atoms with Crippen molar-refractivity contribution >= 4 is 5.91 Å². The minimum atomic E-state index is 0.0519. The fraction of sp³-hybridized carbons (Fsp3) is 0.250. The molecule has 1 N–H and O–H groups in total. The fourth-order valence-corrected chi connectivity index (χ4v) is 3.22. The first kappa shape index (κ1) is 15.5. The molecule has 2 aromatic carbocycles. The number of nitrogens with one attached hydrogen (secondary N) is 1. The Kier molecular flexibility index (Phi) is 4.89. The second-order valence-corrected chi connectivity index (χ2v) is 5.92. The Bertz CT molecular complexity index is 681. The van der Waals surface area contributed by atoms with Gasteiger partial charge < -0.3 is 5.32 Å². The molecule has 0 unspecified atom stereocenters. The predicted molar refractivity (Wildman–Crippen MR) is 93.2 cm³/mol. The third kappa shape index (κ3) is 3.69. The van der Waals surface area contributed by atoms with Crippen LogP contribution >= 0.6 is 0 Å². The number of rotatable bonds is 5. The van der Waals surface area contributed by atoms with Gasteiger partial charge in [0.15, 0.2) is 0 Å². The van der Waals surface area contributed by atoms with Gasteiger partial charge in [-0.25, -0.2) is 0 Å². The van der Waals surface area contributed by atoms with Gasteiger partial charge in [-0.3, -0.25) is 9.69 Å². The van der Waals surface area contributed by atoms with Gasteiger partial charge in [-0.2, -0.15) is 0 Å². The second-order valence-electron chi connectivity index (χ2n) is 5.92. The molecule has 1 amide bonds. The number of carbonyl (C=O) groups is 1. The summed E-state index contributed by atoms with van der Waals surface area (Å²) in [6.45, 7) is 6.26. The van der Waals surface area contributed by atoms with Gasteiger partial charge in [-0.05, 0) is 16.7 Å². The summed E-state index contributed by atoms with van der Waals surface area (Å²) in [5.74, 6) is 0.365. The summed E-state index contributed by atoms with van der Waals surface area (Å²) in [5, 5.41) is 2.86. The summed E-state index contributed by atoms with van der Waals surface area (Å²) in [4.78, 5) is 14.2. The Hall–Kier alpha value is -2.39. The van der Waals surface area contributed by atoms with E-state index < -0.39 is 0 Å². The topological polar surface area (TPSA) is 32.3 Å². The minimum Gasteiger partial charge on any atom is -0.352 e. The molecule has 23 heavy (non-hydrogen) atoms. The summed E-state index contributed by atoms with van der Waals surface area (Å²) < 4.78 is 0. The highest BCUT2D eigenvalue weighted by Crippen LogP contribution is 2.33. The summed E-state index contributed by atoms with van der Waals surface area (Å²) in [6.07, 6.45) is 1.70. The van der Waals surface area contributed by atoms with Crippen LogP contribution in [0.15, 0.2) is 67.3 Å². The van der Waals surface area contributed by atoms with Crippen LogP contribution < -0.4 is 5.32 Å². The van der Waals surface area contributed by atoms with E-state index in [4.69, 9.17) is 0 Å². The van der Waals surface area contributed by atoms with Crippen LogP contribution in [0.25, 0.3) is 0 Å². The summed E-state index contributed by atoms with van der Waals surface area (Å²) >= 11 is 0. The highest BCUT2D eigenvalue weighted by molar-refractivity contribution is 5.78. The van der Waals surface area contributed by atoms with E-state index in [-0.39, 0.29) is 5.91 Å². The number of carbonyl (C=O) groups excluding carboxylic acids is 1. The lowest BCUT2D eigenvalue weighted by Crippen LogP contribution is -2.41. The van der Waals surface area contributed by atoms with Crippen molar-refractivity contribution in [1.82, 2.24) is 10.2 Å². The molecular weight excluding hydrogens is 284 g/mol. The van der Waals surface area contributed by atoms with Crippen molar-refractivity contribution in [3.8, 4) is 0 Å². The van der Waals surface area contributed by atoms with Gasteiger partial charge in [0.1, 0.15) is 0 Å². The van der Waals surface area contributed by atoms with E-state index >= 15 is 0 Å². The molecule has 0 radical (unpaired) electrons. The molecule has 3 heteroatoms. The van der Waals surface area contributed by atoms with Crippen molar-refractivity contribution in [3.05, 3.63) is 83.9 Å². The quantitative estimate of drug-likeness (QED) is 0.862. The maximum absolute atomic E-state index is 12.0. The SMILES string of the molecule is C=CCNC(=O)CN1Cc2ccccc2[C@@H](c2ccccc2)C1. The monoisotopic (exact) mass is 306 g/mol. The molecule has 0 fully saturated rings. The van der Waals surface area contributed by atoms with Gasteiger partial charge in [-0.1, -0.05) is 60.7 Å². The van der Waals surface area contributed by atoms with Crippen molar-refractivity contribution < 1.29 is 4.79 Å². The van der Waals surface area contributed by atoms with Crippen LogP contribution in [0.5, 0.6) is 0 Å². The van der Waals surface area contributed by atoms with E-state index in [0.29, 0.717) is 19.0 Å². The summed E-state index contributed by atoms with van der Waals surface area (Å²) in [6, 6.07) is 19.1. The van der Waals surface area contributed by atoms with Crippen LogP contribution in [0, 0.1) is 0 Å². The standard InChI is InChI=1S/C20H22N2O/c1-2-12-21-20(23)15-22-13-17-10-6-7-11-18(17)19(14-22)16-8-4-3-5-9-16/h2-11,19H,1,12-15H2,(H,21,23)/t19-/m1/s1. The Labute approximate surface area is 137 Å². The van der Waals surface area contributed by atoms with Crippen LogP contribution in [-0.2, 0) is 11.3 Å². The number of amides is 1. The number of hydrogen-bond donors (Lipinski definition) is 1. The number of hydrogen-bond acceptors (Lipinski definition) is 2. The fourth-order valence-electron chi connectivity index (χ4n) is 3.22. The highest BCUT2D eigenvalue weighted by Gasteiger charge is 2.27. The number of benzene rings is 2. The molecule has 2 aromatic rings. The maximum atomic E-state index is 12.0. The van der Waals surface area contributed by atoms with Crippen LogP contribution in [-0.4, -0.2) is 30.4 Å². The molecule has 1 atom stereocenters. The van der Waals surface area contributed by atoms with E-state index in [9.17, 15) is 4.79 Å². The van der Waals surface area contributed by atoms with Gasteiger partial charge in [0.2, 0.25) is 5.91 Å². The average Bonchev–Trinajstić information content (AvgIpc) is 2.60. The minimum absolute atomic E-state index is 0.0519. The lowest BCUT2D eigenvalue weighted by Gasteiger charge is -2.34. The largest absolute Gasteiger partial charge is 0.352 e. The van der Waals surface area contributed by atoms with Crippen molar-refractivity contribution in [3.63, 3.8) is 0 Å².